The Morgan fingerprint density at radius 1 is 0.676 bits per heavy atom. The van der Waals surface area contributed by atoms with E-state index in [0.717, 1.165) is 11.5 Å². The molecule has 0 radical (unpaired) electrons. The van der Waals surface area contributed by atoms with Gasteiger partial charge in [-0.2, -0.15) is 0 Å². The molecule has 0 amide bonds. The van der Waals surface area contributed by atoms with Crippen LogP contribution in [0.4, 0.5) is 17.1 Å². The molecule has 2 nitrogen and oxygen atoms in total. The van der Waals surface area contributed by atoms with Crippen molar-refractivity contribution in [2.24, 2.45) is 0 Å². The minimum atomic E-state index is 0.123. The Balaban J connectivity index is 1.41. The largest absolute Gasteiger partial charge is 0.458 e. The van der Waals surface area contributed by atoms with Crippen LogP contribution in [0.1, 0.15) is 16.7 Å². The maximum atomic E-state index is 6.63. The molecule has 0 aliphatic carbocycles. The highest BCUT2D eigenvalue weighted by Crippen LogP contribution is 2.53. The van der Waals surface area contributed by atoms with Gasteiger partial charge in [-0.3, -0.25) is 0 Å². The van der Waals surface area contributed by atoms with E-state index >= 15 is 0 Å². The smallest absolute Gasteiger partial charge is 0.256 e. The molecule has 0 saturated heterocycles. The number of nitrogens with zero attached hydrogens (tertiary/aromatic N) is 1. The quantitative estimate of drug-likeness (QED) is 0.226. The molecule has 0 bridgehead atoms. The predicted octanol–water partition coefficient (Wildman–Crippen LogP) is 7.15. The Hall–Kier alpha value is -3.89. The summed E-state index contributed by atoms with van der Waals surface area (Å²) in [5.74, 6) is 1.92. The maximum absolute atomic E-state index is 6.63. The highest BCUT2D eigenvalue weighted by Gasteiger charge is 2.44. The van der Waals surface area contributed by atoms with Crippen LogP contribution in [0.5, 0.6) is 11.5 Å². The van der Waals surface area contributed by atoms with Crippen LogP contribution >= 0.6 is 11.8 Å². The first kappa shape index (κ1) is 21.2. The van der Waals surface area contributed by atoms with Gasteiger partial charge in [0.15, 0.2) is 0 Å². The molecule has 5 aromatic carbocycles. The Morgan fingerprint density at radius 2 is 1.41 bits per heavy atom. The van der Waals surface area contributed by atoms with Crippen LogP contribution in [0.25, 0.3) is 11.1 Å². The number of fused-ring (bicyclic) bond motifs is 7. The van der Waals surface area contributed by atoms with Crippen LogP contribution in [0, 0.1) is 20.8 Å². The summed E-state index contributed by atoms with van der Waals surface area (Å²) in [6.45, 7) is 6.74. The molecular weight excluding hydrogens is 469 g/mol. The number of anilines is 3. The van der Waals surface area contributed by atoms with E-state index < -0.39 is 0 Å². The van der Waals surface area contributed by atoms with Gasteiger partial charge >= 0.3 is 0 Å². The predicted molar refractivity (Wildman–Crippen MR) is 156 cm³/mol. The first-order valence-electron chi connectivity index (χ1n) is 12.8. The van der Waals surface area contributed by atoms with Gasteiger partial charge in [-0.25, -0.2) is 0 Å². The first-order valence-corrected chi connectivity index (χ1v) is 13.6. The highest BCUT2D eigenvalue weighted by atomic mass is 32.2. The standard InChI is InChI=1S/C33H24BNOS/c1-19-16-20(2)31(21(3)17-19)22-12-13-27-24(18-22)34-23-8-4-5-9-25(23)35-26-10-6-7-11-29(26)37-30-15-14-28(36-27)32(34)33(30)35/h4-18H,1-3H3. The van der Waals surface area contributed by atoms with Crippen LogP contribution in [0.2, 0.25) is 0 Å². The fourth-order valence-corrected chi connectivity index (χ4v) is 7.74. The van der Waals surface area contributed by atoms with E-state index in [2.05, 4.69) is 117 Å². The van der Waals surface area contributed by atoms with Gasteiger partial charge in [-0.1, -0.05) is 71.9 Å². The van der Waals surface area contributed by atoms with Gasteiger partial charge in [0.2, 0.25) is 0 Å². The van der Waals surface area contributed by atoms with E-state index in [1.807, 2.05) is 11.8 Å². The van der Waals surface area contributed by atoms with Gasteiger partial charge in [-0.05, 0) is 95.8 Å². The van der Waals surface area contributed by atoms with Crippen LogP contribution in [-0.4, -0.2) is 6.71 Å². The Labute approximate surface area is 222 Å². The van der Waals surface area contributed by atoms with Gasteiger partial charge in [0.25, 0.3) is 6.71 Å². The molecule has 0 N–H and O–H groups in total. The summed E-state index contributed by atoms with van der Waals surface area (Å²) in [5.41, 5.74) is 14.1. The van der Waals surface area contributed by atoms with Crippen molar-refractivity contribution in [2.75, 3.05) is 4.90 Å². The van der Waals surface area contributed by atoms with Crippen molar-refractivity contribution in [3.05, 3.63) is 108 Å². The summed E-state index contributed by atoms with van der Waals surface area (Å²) in [5, 5.41) is 0. The minimum absolute atomic E-state index is 0.123. The molecule has 3 aliphatic rings. The second kappa shape index (κ2) is 7.56. The van der Waals surface area contributed by atoms with Gasteiger partial charge < -0.3 is 9.64 Å². The maximum Gasteiger partial charge on any atom is 0.256 e. The van der Waals surface area contributed by atoms with Gasteiger partial charge in [0, 0.05) is 15.5 Å². The molecule has 5 aromatic rings. The van der Waals surface area contributed by atoms with Crippen molar-refractivity contribution in [2.45, 2.75) is 30.6 Å². The second-order valence-corrected chi connectivity index (χ2v) is 11.4. The molecule has 37 heavy (non-hydrogen) atoms. The Kier molecular flexibility index (Phi) is 4.34. The number of para-hydroxylation sites is 2. The number of rotatable bonds is 1. The molecule has 176 valence electrons. The lowest BCUT2D eigenvalue weighted by molar-refractivity contribution is 0.487. The lowest BCUT2D eigenvalue weighted by atomic mass is 9.34. The second-order valence-electron chi connectivity index (χ2n) is 10.3. The van der Waals surface area contributed by atoms with E-state index in [-0.39, 0.29) is 6.71 Å². The zero-order valence-corrected chi connectivity index (χ0v) is 21.8. The molecule has 3 heterocycles. The van der Waals surface area contributed by atoms with Crippen molar-refractivity contribution in [3.8, 4) is 22.6 Å². The van der Waals surface area contributed by atoms with E-state index in [4.69, 9.17) is 4.74 Å². The van der Waals surface area contributed by atoms with Crippen LogP contribution in [-0.2, 0) is 0 Å². The van der Waals surface area contributed by atoms with Gasteiger partial charge in [-0.15, -0.1) is 0 Å². The summed E-state index contributed by atoms with van der Waals surface area (Å²) in [6.07, 6.45) is 0. The Bertz CT molecular complexity index is 1770. The third-order valence-electron chi connectivity index (χ3n) is 7.97. The zero-order valence-electron chi connectivity index (χ0n) is 21.0. The molecule has 0 spiro atoms. The van der Waals surface area contributed by atoms with Gasteiger partial charge in [0.05, 0.1) is 11.4 Å². The van der Waals surface area contributed by atoms with E-state index in [1.54, 1.807) is 0 Å². The molecule has 0 fully saturated rings. The lowest BCUT2D eigenvalue weighted by Gasteiger charge is -2.43. The van der Waals surface area contributed by atoms with Crippen molar-refractivity contribution >= 4 is 51.9 Å². The zero-order chi connectivity index (χ0) is 24.8. The summed E-state index contributed by atoms with van der Waals surface area (Å²) in [4.78, 5) is 5.02. The molecule has 0 unspecified atom stereocenters. The summed E-state index contributed by atoms with van der Waals surface area (Å²) in [7, 11) is 0. The molecule has 0 atom stereocenters. The van der Waals surface area contributed by atoms with E-state index in [0.29, 0.717) is 0 Å². The number of benzene rings is 5. The minimum Gasteiger partial charge on any atom is -0.458 e. The number of hydrogen-bond acceptors (Lipinski definition) is 3. The molecule has 0 aromatic heterocycles. The van der Waals surface area contributed by atoms with Crippen molar-refractivity contribution < 1.29 is 4.74 Å². The van der Waals surface area contributed by atoms with Crippen molar-refractivity contribution in [1.82, 2.24) is 0 Å². The summed E-state index contributed by atoms with van der Waals surface area (Å²) < 4.78 is 6.63. The topological polar surface area (TPSA) is 12.5 Å². The lowest BCUT2D eigenvalue weighted by Crippen LogP contribution is -2.59. The first-order chi connectivity index (χ1) is 18.1. The fraction of sp³-hybridized carbons (Fsp3) is 0.0909. The number of aryl methyl sites for hydroxylation is 3. The monoisotopic (exact) mass is 493 g/mol. The number of hydrogen-bond donors (Lipinski definition) is 0. The molecular formula is C33H24BNOS. The van der Waals surface area contributed by atoms with Crippen LogP contribution in [0.15, 0.2) is 101 Å². The molecule has 4 heteroatoms. The van der Waals surface area contributed by atoms with Crippen molar-refractivity contribution in [1.29, 1.82) is 0 Å². The highest BCUT2D eigenvalue weighted by molar-refractivity contribution is 7.99. The van der Waals surface area contributed by atoms with E-state index in [1.165, 1.54) is 71.1 Å². The summed E-state index contributed by atoms with van der Waals surface area (Å²) >= 11 is 1.86. The molecule has 8 rings (SSSR count). The summed E-state index contributed by atoms with van der Waals surface area (Å²) in [6, 6.07) is 33.4. The SMILES string of the molecule is Cc1cc(C)c(-c2ccc3c(c2)B2c4ccccc4N4c5ccccc5Sc5ccc(c2c54)O3)c(C)c1. The van der Waals surface area contributed by atoms with E-state index in [9.17, 15) is 0 Å². The Morgan fingerprint density at radius 3 is 2.24 bits per heavy atom. The average Bonchev–Trinajstić information content (AvgIpc) is 2.90. The van der Waals surface area contributed by atoms with Crippen LogP contribution in [0.3, 0.4) is 0 Å². The number of ether oxygens (including phenoxy) is 1. The molecule has 0 saturated carbocycles. The third kappa shape index (κ3) is 2.91. The van der Waals surface area contributed by atoms with Crippen molar-refractivity contribution in [3.63, 3.8) is 0 Å². The normalized spacial score (nSPS) is 13.8. The third-order valence-corrected chi connectivity index (χ3v) is 9.09. The fourth-order valence-electron chi connectivity index (χ4n) is 6.66. The molecule has 3 aliphatic heterocycles. The van der Waals surface area contributed by atoms with Gasteiger partial charge in [0.1, 0.15) is 11.5 Å². The van der Waals surface area contributed by atoms with Crippen LogP contribution < -0.4 is 26.0 Å². The average molecular weight is 493 g/mol.